The molecule has 0 radical (unpaired) electrons. The number of aliphatic hydroxyl groups excluding tert-OH is 2. The Morgan fingerprint density at radius 1 is 1.46 bits per heavy atom. The number of aromatic hydroxyl groups is 1. The van der Waals surface area contributed by atoms with E-state index < -0.39 is 6.10 Å². The van der Waals surface area contributed by atoms with Crippen LogP contribution in [0.25, 0.3) is 0 Å². The van der Waals surface area contributed by atoms with Gasteiger partial charge in [0.2, 0.25) is 5.88 Å². The highest BCUT2D eigenvalue weighted by Gasteiger charge is 2.03. The maximum absolute atomic E-state index is 8.92. The van der Waals surface area contributed by atoms with Crippen LogP contribution in [-0.2, 0) is 0 Å². The molecule has 0 amide bonds. The lowest BCUT2D eigenvalue weighted by molar-refractivity contribution is 0.0521. The van der Waals surface area contributed by atoms with Gasteiger partial charge in [0.25, 0.3) is 0 Å². The topological polar surface area (TPSA) is 82.8 Å². The van der Waals surface area contributed by atoms with E-state index in [4.69, 9.17) is 20.1 Å². The molecule has 0 aliphatic carbocycles. The largest absolute Gasteiger partial charge is 0.506 e. The monoisotopic (exact) mass is 185 g/mol. The predicted molar refractivity (Wildman–Crippen MR) is 44.5 cm³/mol. The molecule has 0 saturated heterocycles. The molecule has 1 rings (SSSR count). The summed E-state index contributed by atoms with van der Waals surface area (Å²) in [7, 11) is 0. The molecule has 1 unspecified atom stereocenters. The second kappa shape index (κ2) is 4.64. The van der Waals surface area contributed by atoms with Crippen molar-refractivity contribution in [3.63, 3.8) is 0 Å². The molecule has 0 spiro atoms. The molecule has 0 aliphatic rings. The number of hydrogen-bond donors (Lipinski definition) is 3. The summed E-state index contributed by atoms with van der Waals surface area (Å²) in [5.74, 6) is 0.348. The molecule has 72 valence electrons. The zero-order valence-electron chi connectivity index (χ0n) is 6.92. The number of hydrogen-bond acceptors (Lipinski definition) is 5. The molecular formula is C8H11NO4. The van der Waals surface area contributed by atoms with Gasteiger partial charge in [-0.2, -0.15) is 0 Å². The fourth-order valence-electron chi connectivity index (χ4n) is 0.692. The minimum absolute atomic E-state index is 0.0196. The second-order valence-corrected chi connectivity index (χ2v) is 2.50. The van der Waals surface area contributed by atoms with Crippen LogP contribution in [0.1, 0.15) is 0 Å². The van der Waals surface area contributed by atoms with Crippen molar-refractivity contribution < 1.29 is 20.1 Å². The van der Waals surface area contributed by atoms with E-state index in [0.717, 1.165) is 0 Å². The third-order valence-electron chi connectivity index (χ3n) is 1.36. The number of rotatable bonds is 4. The van der Waals surface area contributed by atoms with E-state index in [-0.39, 0.29) is 19.0 Å². The van der Waals surface area contributed by atoms with Crippen molar-refractivity contribution in [2.45, 2.75) is 6.10 Å². The van der Waals surface area contributed by atoms with Crippen LogP contribution in [0.2, 0.25) is 0 Å². The van der Waals surface area contributed by atoms with E-state index in [1.165, 1.54) is 18.3 Å². The van der Waals surface area contributed by atoms with Gasteiger partial charge in [0.05, 0.1) is 12.8 Å². The van der Waals surface area contributed by atoms with Gasteiger partial charge in [-0.25, -0.2) is 4.98 Å². The first-order valence-corrected chi connectivity index (χ1v) is 3.79. The number of aliphatic hydroxyl groups is 2. The Balaban J connectivity index is 2.41. The van der Waals surface area contributed by atoms with Crippen molar-refractivity contribution in [1.82, 2.24) is 4.98 Å². The molecule has 0 saturated carbocycles. The lowest BCUT2D eigenvalue weighted by atomic mass is 10.4. The van der Waals surface area contributed by atoms with E-state index in [0.29, 0.717) is 5.88 Å². The highest BCUT2D eigenvalue weighted by atomic mass is 16.5. The number of ether oxygens (including phenoxy) is 1. The average Bonchev–Trinajstić information content (AvgIpc) is 2.16. The van der Waals surface area contributed by atoms with E-state index in [1.807, 2.05) is 0 Å². The Morgan fingerprint density at radius 3 is 2.77 bits per heavy atom. The van der Waals surface area contributed by atoms with Crippen LogP contribution in [0.15, 0.2) is 18.3 Å². The minimum Gasteiger partial charge on any atom is -0.506 e. The van der Waals surface area contributed by atoms with Crippen LogP contribution in [-0.4, -0.2) is 39.6 Å². The summed E-state index contributed by atoms with van der Waals surface area (Å²) in [6, 6.07) is 2.90. The van der Waals surface area contributed by atoms with Crippen molar-refractivity contribution in [3.8, 4) is 11.6 Å². The van der Waals surface area contributed by atoms with Crippen LogP contribution >= 0.6 is 0 Å². The quantitative estimate of drug-likeness (QED) is 0.590. The zero-order chi connectivity index (χ0) is 9.68. The van der Waals surface area contributed by atoms with Crippen molar-refractivity contribution in [2.24, 2.45) is 0 Å². The van der Waals surface area contributed by atoms with Gasteiger partial charge >= 0.3 is 0 Å². The number of pyridine rings is 1. The maximum atomic E-state index is 8.92. The average molecular weight is 185 g/mol. The highest BCUT2D eigenvalue weighted by molar-refractivity contribution is 5.21. The van der Waals surface area contributed by atoms with Gasteiger partial charge in [0, 0.05) is 6.07 Å². The van der Waals surface area contributed by atoms with Crippen LogP contribution < -0.4 is 4.74 Å². The number of nitrogens with zero attached hydrogens (tertiary/aromatic N) is 1. The second-order valence-electron chi connectivity index (χ2n) is 2.50. The summed E-state index contributed by atoms with van der Waals surface area (Å²) >= 11 is 0. The SMILES string of the molecule is OCC(O)COc1ccc(O)cn1. The summed E-state index contributed by atoms with van der Waals surface area (Å²) in [5, 5.41) is 26.3. The molecule has 0 fully saturated rings. The summed E-state index contributed by atoms with van der Waals surface area (Å²) < 4.78 is 4.98. The van der Waals surface area contributed by atoms with Crippen molar-refractivity contribution in [1.29, 1.82) is 0 Å². The normalized spacial score (nSPS) is 12.5. The highest BCUT2D eigenvalue weighted by Crippen LogP contribution is 2.11. The molecule has 1 aromatic rings. The Labute approximate surface area is 75.2 Å². The smallest absolute Gasteiger partial charge is 0.213 e. The van der Waals surface area contributed by atoms with E-state index in [1.54, 1.807) is 0 Å². The van der Waals surface area contributed by atoms with E-state index in [2.05, 4.69) is 4.98 Å². The van der Waals surface area contributed by atoms with Crippen LogP contribution in [0.4, 0.5) is 0 Å². The predicted octanol–water partition coefficient (Wildman–Crippen LogP) is -0.481. The van der Waals surface area contributed by atoms with Crippen molar-refractivity contribution in [2.75, 3.05) is 13.2 Å². The lowest BCUT2D eigenvalue weighted by Gasteiger charge is -2.08. The molecule has 0 bridgehead atoms. The Kier molecular flexibility index (Phi) is 3.48. The Hall–Kier alpha value is -1.33. The van der Waals surface area contributed by atoms with Gasteiger partial charge in [0.1, 0.15) is 18.5 Å². The first kappa shape index (κ1) is 9.76. The number of aromatic nitrogens is 1. The van der Waals surface area contributed by atoms with Gasteiger partial charge in [0.15, 0.2) is 0 Å². The molecule has 1 heterocycles. The van der Waals surface area contributed by atoms with Crippen molar-refractivity contribution >= 4 is 0 Å². The van der Waals surface area contributed by atoms with Crippen molar-refractivity contribution in [3.05, 3.63) is 18.3 Å². The fourth-order valence-corrected chi connectivity index (χ4v) is 0.692. The van der Waals surface area contributed by atoms with Crippen LogP contribution in [0.3, 0.4) is 0 Å². The van der Waals surface area contributed by atoms with E-state index >= 15 is 0 Å². The Bertz CT molecular complexity index is 249. The summed E-state index contributed by atoms with van der Waals surface area (Å²) in [6.45, 7) is -0.369. The molecule has 5 heteroatoms. The van der Waals surface area contributed by atoms with Gasteiger partial charge in [-0.05, 0) is 6.07 Å². The molecule has 1 atom stereocenters. The first-order valence-electron chi connectivity index (χ1n) is 3.79. The third-order valence-corrected chi connectivity index (χ3v) is 1.36. The summed E-state index contributed by atoms with van der Waals surface area (Å²) in [6.07, 6.45) is 0.330. The minimum atomic E-state index is -0.907. The molecule has 0 aromatic carbocycles. The molecule has 1 aromatic heterocycles. The third kappa shape index (κ3) is 3.27. The lowest BCUT2D eigenvalue weighted by Crippen LogP contribution is -2.21. The van der Waals surface area contributed by atoms with Gasteiger partial charge in [-0.1, -0.05) is 0 Å². The van der Waals surface area contributed by atoms with E-state index in [9.17, 15) is 0 Å². The maximum Gasteiger partial charge on any atom is 0.213 e. The summed E-state index contributed by atoms with van der Waals surface area (Å²) in [5.41, 5.74) is 0. The van der Waals surface area contributed by atoms with Gasteiger partial charge < -0.3 is 20.1 Å². The van der Waals surface area contributed by atoms with Crippen LogP contribution in [0, 0.1) is 0 Å². The molecule has 5 nitrogen and oxygen atoms in total. The zero-order valence-corrected chi connectivity index (χ0v) is 6.92. The van der Waals surface area contributed by atoms with Gasteiger partial charge in [-0.15, -0.1) is 0 Å². The first-order chi connectivity index (χ1) is 6.22. The van der Waals surface area contributed by atoms with Gasteiger partial charge in [-0.3, -0.25) is 0 Å². The standard InChI is InChI=1S/C8H11NO4/c10-4-7(12)5-13-8-2-1-6(11)3-9-8/h1-3,7,10-12H,4-5H2. The fraction of sp³-hybridized carbons (Fsp3) is 0.375. The molecule has 13 heavy (non-hydrogen) atoms. The molecular weight excluding hydrogens is 174 g/mol. The Morgan fingerprint density at radius 2 is 2.23 bits per heavy atom. The van der Waals surface area contributed by atoms with Crippen LogP contribution in [0.5, 0.6) is 11.6 Å². The molecule has 0 aliphatic heterocycles. The summed E-state index contributed by atoms with van der Waals surface area (Å²) in [4.78, 5) is 3.72. The molecule has 3 N–H and O–H groups in total.